The van der Waals surface area contributed by atoms with Gasteiger partial charge in [-0.2, -0.15) is 0 Å². The molecule has 0 saturated heterocycles. The predicted octanol–water partition coefficient (Wildman–Crippen LogP) is 6.64. The molecule has 0 bridgehead atoms. The molecule has 0 amide bonds. The van der Waals surface area contributed by atoms with Crippen molar-refractivity contribution in [3.8, 4) is 0 Å². The molecule has 0 aliphatic heterocycles. The number of aromatic nitrogens is 1. The molecule has 0 atom stereocenters. The minimum absolute atomic E-state index is 0. The summed E-state index contributed by atoms with van der Waals surface area (Å²) >= 11 is 0. The molecule has 0 unspecified atom stereocenters. The molecule has 1 aromatic heterocycles. The van der Waals surface area contributed by atoms with Gasteiger partial charge in [-0.25, -0.2) is 0 Å². The fourth-order valence-corrected chi connectivity index (χ4v) is 4.45. The lowest BCUT2D eigenvalue weighted by Gasteiger charge is -2.07. The first-order valence-corrected chi connectivity index (χ1v) is 10.4. The van der Waals surface area contributed by atoms with E-state index in [2.05, 4.69) is 22.7 Å². The highest BCUT2D eigenvalue weighted by Crippen LogP contribution is 2.32. The quantitative estimate of drug-likeness (QED) is 0.157. The molecule has 5 rings (SSSR count). The van der Waals surface area contributed by atoms with E-state index in [9.17, 15) is 10.0 Å². The molecule has 0 radical (unpaired) electrons. The topological polar surface area (TPSA) is 54.6 Å². The Hall–Kier alpha value is -3.92. The Balaban J connectivity index is 0.00000245. The molecule has 0 fully saturated rings. The zero-order valence-electron chi connectivity index (χ0n) is 17.5. The van der Waals surface area contributed by atoms with E-state index < -0.39 is 0 Å². The summed E-state index contributed by atoms with van der Waals surface area (Å²) in [7, 11) is 0. The minimum Gasteiger partial charge on any atom is -0.411 e. The van der Waals surface area contributed by atoms with Crippen LogP contribution < -0.4 is 0 Å². The maximum atomic E-state index is 13.5. The SMILES string of the molecule is CCn1c2ccc(C(=O)c3cccc4ccccc34)cc2c2cc(/C(C)=N/O)ccc21.[HH]. The van der Waals surface area contributed by atoms with E-state index >= 15 is 0 Å². The van der Waals surface area contributed by atoms with Crippen LogP contribution in [0.1, 0.15) is 36.8 Å². The van der Waals surface area contributed by atoms with Gasteiger partial charge in [-0.3, -0.25) is 4.79 Å². The molecule has 1 heterocycles. The van der Waals surface area contributed by atoms with Crippen molar-refractivity contribution in [1.29, 1.82) is 0 Å². The van der Waals surface area contributed by atoms with Crippen molar-refractivity contribution in [2.24, 2.45) is 5.16 Å². The second kappa shape index (κ2) is 7.40. The summed E-state index contributed by atoms with van der Waals surface area (Å²) in [5.41, 5.74) is 4.97. The molecule has 4 nitrogen and oxygen atoms in total. The summed E-state index contributed by atoms with van der Waals surface area (Å²) in [6.07, 6.45) is 0. The number of ketones is 1. The Morgan fingerprint density at radius 3 is 2.23 bits per heavy atom. The monoisotopic (exact) mass is 408 g/mol. The highest BCUT2D eigenvalue weighted by atomic mass is 16.4. The van der Waals surface area contributed by atoms with Crippen molar-refractivity contribution in [1.82, 2.24) is 4.57 Å². The molecular weight excluding hydrogens is 384 g/mol. The summed E-state index contributed by atoms with van der Waals surface area (Å²) in [6.45, 7) is 4.71. The number of carbonyl (C=O) groups excluding carboxylic acids is 1. The first-order valence-electron chi connectivity index (χ1n) is 10.4. The molecule has 154 valence electrons. The van der Waals surface area contributed by atoms with Crippen LogP contribution >= 0.6 is 0 Å². The average molecular weight is 409 g/mol. The first-order chi connectivity index (χ1) is 15.1. The molecule has 4 aromatic carbocycles. The molecule has 4 heteroatoms. The van der Waals surface area contributed by atoms with E-state index in [-0.39, 0.29) is 7.21 Å². The number of fused-ring (bicyclic) bond motifs is 4. The standard InChI is InChI=1S/C27H22N2O2.H2/c1-3-29-25-13-11-19(17(2)28-31)15-23(25)24-16-20(12-14-26(24)29)27(30)22-10-6-8-18-7-4-5-9-21(18)22;/h4-16,31H,3H2,1-2H3;1H/b28-17+;. The Labute approximate surface area is 181 Å². The van der Waals surface area contributed by atoms with E-state index in [0.29, 0.717) is 16.8 Å². The highest BCUT2D eigenvalue weighted by Gasteiger charge is 2.16. The van der Waals surface area contributed by atoms with Crippen LogP contribution in [0.3, 0.4) is 0 Å². The van der Waals surface area contributed by atoms with Crippen LogP contribution in [0, 0.1) is 0 Å². The number of hydrogen-bond donors (Lipinski definition) is 1. The van der Waals surface area contributed by atoms with Crippen LogP contribution in [0.4, 0.5) is 0 Å². The van der Waals surface area contributed by atoms with Gasteiger partial charge in [-0.15, -0.1) is 0 Å². The maximum absolute atomic E-state index is 13.5. The number of rotatable bonds is 4. The lowest BCUT2D eigenvalue weighted by molar-refractivity contribution is 0.104. The van der Waals surface area contributed by atoms with E-state index in [4.69, 9.17) is 0 Å². The largest absolute Gasteiger partial charge is 0.411 e. The van der Waals surface area contributed by atoms with E-state index in [1.54, 1.807) is 6.92 Å². The van der Waals surface area contributed by atoms with Gasteiger partial charge in [-0.1, -0.05) is 53.7 Å². The average Bonchev–Trinajstić information content (AvgIpc) is 3.14. The summed E-state index contributed by atoms with van der Waals surface area (Å²) in [6, 6.07) is 25.8. The first kappa shape index (κ1) is 19.1. The second-order valence-electron chi connectivity index (χ2n) is 7.75. The van der Waals surface area contributed by atoms with Crippen molar-refractivity contribution in [3.63, 3.8) is 0 Å². The van der Waals surface area contributed by atoms with Gasteiger partial charge in [0.1, 0.15) is 0 Å². The molecule has 0 aliphatic rings. The van der Waals surface area contributed by atoms with Crippen molar-refractivity contribution in [3.05, 3.63) is 95.6 Å². The third-order valence-electron chi connectivity index (χ3n) is 6.05. The van der Waals surface area contributed by atoms with Crippen LogP contribution in [0.2, 0.25) is 0 Å². The van der Waals surface area contributed by atoms with Crippen LogP contribution in [-0.2, 0) is 6.54 Å². The number of aryl methyl sites for hydroxylation is 1. The van der Waals surface area contributed by atoms with E-state index in [0.717, 1.165) is 44.7 Å². The fraction of sp³-hybridized carbons (Fsp3) is 0.111. The second-order valence-corrected chi connectivity index (χ2v) is 7.75. The van der Waals surface area contributed by atoms with Crippen LogP contribution in [0.25, 0.3) is 32.6 Å². The van der Waals surface area contributed by atoms with Crippen molar-refractivity contribution < 1.29 is 11.4 Å². The van der Waals surface area contributed by atoms with Crippen LogP contribution in [0.5, 0.6) is 0 Å². The van der Waals surface area contributed by atoms with E-state index in [1.165, 1.54) is 0 Å². The highest BCUT2D eigenvalue weighted by molar-refractivity contribution is 6.19. The molecular formula is C27H24N2O2. The van der Waals surface area contributed by atoms with Gasteiger partial charge >= 0.3 is 0 Å². The van der Waals surface area contributed by atoms with Gasteiger partial charge < -0.3 is 9.77 Å². The Bertz CT molecular complexity index is 1510. The zero-order chi connectivity index (χ0) is 21.5. The van der Waals surface area contributed by atoms with Crippen LogP contribution in [0.15, 0.2) is 84.0 Å². The lowest BCUT2D eigenvalue weighted by Crippen LogP contribution is -2.02. The summed E-state index contributed by atoms with van der Waals surface area (Å²) < 4.78 is 2.24. The summed E-state index contributed by atoms with van der Waals surface area (Å²) in [5, 5.41) is 16.6. The fourth-order valence-electron chi connectivity index (χ4n) is 4.45. The molecule has 0 aliphatic carbocycles. The lowest BCUT2D eigenvalue weighted by atomic mass is 9.96. The van der Waals surface area contributed by atoms with Gasteiger partial charge in [0.15, 0.2) is 5.78 Å². The zero-order valence-corrected chi connectivity index (χ0v) is 17.5. The van der Waals surface area contributed by atoms with Crippen LogP contribution in [-0.4, -0.2) is 21.3 Å². The summed E-state index contributed by atoms with van der Waals surface area (Å²) in [5.74, 6) is 0.0142. The Morgan fingerprint density at radius 1 is 0.871 bits per heavy atom. The predicted molar refractivity (Wildman–Crippen MR) is 129 cm³/mol. The Kier molecular flexibility index (Phi) is 4.55. The Morgan fingerprint density at radius 2 is 1.52 bits per heavy atom. The third kappa shape index (κ3) is 2.99. The summed E-state index contributed by atoms with van der Waals surface area (Å²) in [4.78, 5) is 13.5. The number of carbonyl (C=O) groups is 1. The van der Waals surface area contributed by atoms with Crippen molar-refractivity contribution in [2.45, 2.75) is 20.4 Å². The maximum Gasteiger partial charge on any atom is 0.193 e. The minimum atomic E-state index is 0. The van der Waals surface area contributed by atoms with Gasteiger partial charge in [0, 0.05) is 40.9 Å². The normalized spacial score (nSPS) is 12.1. The van der Waals surface area contributed by atoms with Gasteiger partial charge in [-0.05, 0) is 60.5 Å². The van der Waals surface area contributed by atoms with Crippen molar-refractivity contribution in [2.75, 3.05) is 0 Å². The smallest absolute Gasteiger partial charge is 0.193 e. The number of hydrogen-bond acceptors (Lipinski definition) is 3. The van der Waals surface area contributed by atoms with Gasteiger partial charge in [0.25, 0.3) is 0 Å². The van der Waals surface area contributed by atoms with Crippen molar-refractivity contribution >= 4 is 44.1 Å². The van der Waals surface area contributed by atoms with Gasteiger partial charge in [0.2, 0.25) is 0 Å². The van der Waals surface area contributed by atoms with E-state index in [1.807, 2.05) is 72.8 Å². The molecule has 0 spiro atoms. The third-order valence-corrected chi connectivity index (χ3v) is 6.05. The number of nitrogens with zero attached hydrogens (tertiary/aromatic N) is 2. The molecule has 31 heavy (non-hydrogen) atoms. The molecule has 5 aromatic rings. The number of oxime groups is 1. The van der Waals surface area contributed by atoms with Gasteiger partial charge in [0.05, 0.1) is 5.71 Å². The number of benzene rings is 4. The molecule has 1 N–H and O–H groups in total. The molecule has 0 saturated carbocycles.